The van der Waals surface area contributed by atoms with Gasteiger partial charge in [-0.3, -0.25) is 4.79 Å². The third-order valence-electron chi connectivity index (χ3n) is 4.06. The molecule has 2 aromatic carbocycles. The summed E-state index contributed by atoms with van der Waals surface area (Å²) in [6, 6.07) is 15.5. The van der Waals surface area contributed by atoms with Gasteiger partial charge in [-0.2, -0.15) is 0 Å². The number of benzene rings is 2. The lowest BCUT2D eigenvalue weighted by Crippen LogP contribution is -2.45. The second-order valence-electron chi connectivity index (χ2n) is 5.74. The van der Waals surface area contributed by atoms with Gasteiger partial charge in [-0.1, -0.05) is 30.3 Å². The van der Waals surface area contributed by atoms with Crippen molar-refractivity contribution in [1.82, 2.24) is 5.32 Å². The van der Waals surface area contributed by atoms with Gasteiger partial charge in [0.1, 0.15) is 18.5 Å². The number of carbonyl (C=O) groups is 1. The summed E-state index contributed by atoms with van der Waals surface area (Å²) in [4.78, 5) is 12.3. The Bertz CT molecular complexity index is 682. The molecule has 5 nitrogen and oxygen atoms in total. The Kier molecular flexibility index (Phi) is 5.46. The minimum absolute atomic E-state index is 0.119. The van der Waals surface area contributed by atoms with Crippen LogP contribution in [0.15, 0.2) is 48.5 Å². The second kappa shape index (κ2) is 7.95. The van der Waals surface area contributed by atoms with Gasteiger partial charge in [-0.05, 0) is 36.2 Å². The lowest BCUT2D eigenvalue weighted by atomic mass is 10.1. The topological polar surface area (TPSA) is 59.6 Å². The number of carbonyl (C=O) groups excluding carboxylic acids is 1. The summed E-state index contributed by atoms with van der Waals surface area (Å²) in [6.45, 7) is 4.33. The van der Waals surface area contributed by atoms with Crippen LogP contribution in [0, 0.1) is 6.92 Å². The van der Waals surface area contributed by atoms with E-state index in [1.165, 1.54) is 0 Å². The number of nitrogens with one attached hydrogen (secondary N) is 2. The van der Waals surface area contributed by atoms with E-state index in [9.17, 15) is 4.79 Å². The molecule has 0 bridgehead atoms. The molecule has 1 unspecified atom stereocenters. The monoisotopic (exact) mass is 326 g/mol. The minimum atomic E-state index is -0.442. The number of amides is 1. The number of hydrogen-bond donors (Lipinski definition) is 2. The molecule has 0 aromatic heterocycles. The quantitative estimate of drug-likeness (QED) is 0.886. The summed E-state index contributed by atoms with van der Waals surface area (Å²) in [5, 5.41) is 6.12. The summed E-state index contributed by atoms with van der Waals surface area (Å²) < 4.78 is 11.3. The zero-order valence-corrected chi connectivity index (χ0v) is 13.7. The van der Waals surface area contributed by atoms with Crippen LogP contribution in [0.25, 0.3) is 0 Å². The second-order valence-corrected chi connectivity index (χ2v) is 5.74. The van der Waals surface area contributed by atoms with Crippen LogP contribution in [0.2, 0.25) is 0 Å². The van der Waals surface area contributed by atoms with E-state index in [0.29, 0.717) is 19.8 Å². The zero-order valence-electron chi connectivity index (χ0n) is 13.7. The molecule has 1 fully saturated rings. The molecule has 126 valence electrons. The van der Waals surface area contributed by atoms with Crippen molar-refractivity contribution in [3.05, 3.63) is 59.7 Å². The summed E-state index contributed by atoms with van der Waals surface area (Å²) >= 11 is 0. The van der Waals surface area contributed by atoms with Crippen LogP contribution < -0.4 is 15.4 Å². The summed E-state index contributed by atoms with van der Waals surface area (Å²) in [5.41, 5.74) is 2.84. The highest BCUT2D eigenvalue weighted by molar-refractivity contribution is 5.95. The fourth-order valence-corrected chi connectivity index (χ4v) is 2.60. The Morgan fingerprint density at radius 2 is 2.08 bits per heavy atom. The summed E-state index contributed by atoms with van der Waals surface area (Å²) in [6.07, 6.45) is -0.442. The van der Waals surface area contributed by atoms with Crippen LogP contribution in [0.3, 0.4) is 0 Å². The first-order valence-electron chi connectivity index (χ1n) is 8.13. The zero-order chi connectivity index (χ0) is 16.8. The Labute approximate surface area is 142 Å². The number of anilines is 1. The molecule has 1 heterocycles. The van der Waals surface area contributed by atoms with Crippen molar-refractivity contribution >= 4 is 11.6 Å². The van der Waals surface area contributed by atoms with E-state index >= 15 is 0 Å². The van der Waals surface area contributed by atoms with Gasteiger partial charge in [-0.15, -0.1) is 0 Å². The molecule has 24 heavy (non-hydrogen) atoms. The third kappa shape index (κ3) is 4.13. The van der Waals surface area contributed by atoms with Crippen molar-refractivity contribution in [2.24, 2.45) is 0 Å². The maximum atomic E-state index is 12.3. The maximum Gasteiger partial charge on any atom is 0.254 e. The van der Waals surface area contributed by atoms with Crippen LogP contribution in [0.5, 0.6) is 5.75 Å². The molecular formula is C19H22N2O3. The van der Waals surface area contributed by atoms with E-state index in [0.717, 1.165) is 29.1 Å². The molecule has 0 saturated carbocycles. The van der Waals surface area contributed by atoms with Gasteiger partial charge in [0.05, 0.1) is 6.61 Å². The molecule has 1 atom stereocenters. The van der Waals surface area contributed by atoms with Gasteiger partial charge in [0.2, 0.25) is 0 Å². The fraction of sp³-hybridized carbons (Fsp3) is 0.316. The van der Waals surface area contributed by atoms with E-state index < -0.39 is 6.10 Å². The molecule has 1 amide bonds. The number of hydrogen-bond acceptors (Lipinski definition) is 4. The van der Waals surface area contributed by atoms with Crippen molar-refractivity contribution in [3.63, 3.8) is 0 Å². The molecule has 2 N–H and O–H groups in total. The lowest BCUT2D eigenvalue weighted by Gasteiger charge is -2.23. The highest BCUT2D eigenvalue weighted by atomic mass is 16.5. The predicted molar refractivity (Wildman–Crippen MR) is 93.2 cm³/mol. The van der Waals surface area contributed by atoms with Crippen LogP contribution >= 0.6 is 0 Å². The average Bonchev–Trinajstić information content (AvgIpc) is 2.64. The van der Waals surface area contributed by atoms with E-state index in [2.05, 4.69) is 10.6 Å². The highest BCUT2D eigenvalue weighted by Gasteiger charge is 2.22. The van der Waals surface area contributed by atoms with E-state index in [4.69, 9.17) is 9.47 Å². The van der Waals surface area contributed by atoms with Crippen LogP contribution in [-0.2, 0) is 16.1 Å². The lowest BCUT2D eigenvalue weighted by molar-refractivity contribution is -0.128. The van der Waals surface area contributed by atoms with Gasteiger partial charge < -0.3 is 20.1 Å². The van der Waals surface area contributed by atoms with Gasteiger partial charge >= 0.3 is 0 Å². The van der Waals surface area contributed by atoms with Gasteiger partial charge in [0.25, 0.3) is 5.91 Å². The first-order chi connectivity index (χ1) is 11.7. The SMILES string of the molecule is Cc1c(COc2ccccc2)cccc1NC(=O)C1CNCCO1. The average molecular weight is 326 g/mol. The largest absolute Gasteiger partial charge is 0.489 e. The number of para-hydroxylation sites is 1. The predicted octanol–water partition coefficient (Wildman–Crippen LogP) is 2.50. The smallest absolute Gasteiger partial charge is 0.254 e. The van der Waals surface area contributed by atoms with Crippen molar-refractivity contribution in [3.8, 4) is 5.75 Å². The molecule has 5 heteroatoms. The fourth-order valence-electron chi connectivity index (χ4n) is 2.60. The molecule has 1 aliphatic rings. The number of rotatable bonds is 5. The van der Waals surface area contributed by atoms with Crippen LogP contribution in [0.4, 0.5) is 5.69 Å². The van der Waals surface area contributed by atoms with E-state index in [1.54, 1.807) is 0 Å². The Hall–Kier alpha value is -2.37. The maximum absolute atomic E-state index is 12.3. The van der Waals surface area contributed by atoms with Gasteiger partial charge in [0.15, 0.2) is 0 Å². The Morgan fingerprint density at radius 1 is 1.25 bits per heavy atom. The summed E-state index contributed by atoms with van der Waals surface area (Å²) in [7, 11) is 0. The van der Waals surface area contributed by atoms with Crippen molar-refractivity contribution in [1.29, 1.82) is 0 Å². The van der Waals surface area contributed by atoms with Gasteiger partial charge in [-0.25, -0.2) is 0 Å². The third-order valence-corrected chi connectivity index (χ3v) is 4.06. The highest BCUT2D eigenvalue weighted by Crippen LogP contribution is 2.21. The molecule has 0 spiro atoms. The summed E-state index contributed by atoms with van der Waals surface area (Å²) in [5.74, 6) is 0.708. The van der Waals surface area contributed by atoms with Crippen molar-refractivity contribution < 1.29 is 14.3 Å². The molecule has 2 aromatic rings. The number of ether oxygens (including phenoxy) is 2. The van der Waals surface area contributed by atoms with Crippen molar-refractivity contribution in [2.45, 2.75) is 19.6 Å². The molecular weight excluding hydrogens is 304 g/mol. The van der Waals surface area contributed by atoms with E-state index in [1.807, 2.05) is 55.5 Å². The molecule has 3 rings (SSSR count). The molecule has 1 saturated heterocycles. The Morgan fingerprint density at radius 3 is 2.83 bits per heavy atom. The standard InChI is InChI=1S/C19H22N2O3/c1-14-15(13-24-16-7-3-2-4-8-16)6-5-9-17(14)21-19(22)18-12-20-10-11-23-18/h2-9,18,20H,10-13H2,1H3,(H,21,22). The van der Waals surface area contributed by atoms with Crippen LogP contribution in [0.1, 0.15) is 11.1 Å². The first-order valence-corrected chi connectivity index (χ1v) is 8.13. The van der Waals surface area contributed by atoms with Gasteiger partial charge in [0, 0.05) is 18.8 Å². The number of morpholine rings is 1. The molecule has 0 radical (unpaired) electrons. The minimum Gasteiger partial charge on any atom is -0.489 e. The Balaban J connectivity index is 1.65. The molecule has 1 aliphatic heterocycles. The van der Waals surface area contributed by atoms with E-state index in [-0.39, 0.29) is 5.91 Å². The van der Waals surface area contributed by atoms with Crippen molar-refractivity contribution in [2.75, 3.05) is 25.0 Å². The van der Waals surface area contributed by atoms with Crippen LogP contribution in [-0.4, -0.2) is 31.7 Å². The first kappa shape index (κ1) is 16.5. The molecule has 0 aliphatic carbocycles. The normalized spacial score (nSPS) is 17.3.